The number of carbonyl (C=O) groups excluding carboxylic acids is 1. The number of nitrogens with two attached hydrogens (primary N) is 1. The smallest absolute Gasteiger partial charge is 0.291 e. The Bertz CT molecular complexity index is 776. The van der Waals surface area contributed by atoms with Crippen LogP contribution in [0.15, 0.2) is 40.2 Å². The van der Waals surface area contributed by atoms with Gasteiger partial charge in [-0.3, -0.25) is 4.79 Å². The molecular formula is C15H19N3O3S2. The van der Waals surface area contributed by atoms with Gasteiger partial charge in [0.05, 0.1) is 0 Å². The van der Waals surface area contributed by atoms with E-state index >= 15 is 0 Å². The number of hydrogen-bond acceptors (Lipinski definition) is 6. The minimum absolute atomic E-state index is 0.0148. The first kappa shape index (κ1) is 17.6. The van der Waals surface area contributed by atoms with E-state index in [2.05, 4.69) is 25.8 Å². The number of aromatic nitrogens is 1. The number of benzene rings is 1. The predicted octanol–water partition coefficient (Wildman–Crippen LogP) is 1.95. The fraction of sp³-hybridized carbons (Fsp3) is 0.333. The van der Waals surface area contributed by atoms with Crippen LogP contribution in [0.3, 0.4) is 0 Å². The highest BCUT2D eigenvalue weighted by atomic mass is 32.2. The Morgan fingerprint density at radius 2 is 1.87 bits per heavy atom. The third-order valence-corrected chi connectivity index (χ3v) is 5.84. The number of rotatable bonds is 4. The molecule has 124 valence electrons. The summed E-state index contributed by atoms with van der Waals surface area (Å²) in [4.78, 5) is 15.8. The van der Waals surface area contributed by atoms with Crippen LogP contribution in [-0.2, 0) is 20.2 Å². The first-order chi connectivity index (χ1) is 10.6. The lowest BCUT2D eigenvalue weighted by Crippen LogP contribution is -2.38. The molecule has 0 saturated carbocycles. The number of thiazole rings is 1. The van der Waals surface area contributed by atoms with Crippen molar-refractivity contribution in [3.63, 3.8) is 0 Å². The molecule has 0 spiro atoms. The monoisotopic (exact) mass is 353 g/mol. The lowest BCUT2D eigenvalue weighted by atomic mass is 9.86. The first-order valence-electron chi connectivity index (χ1n) is 6.93. The maximum absolute atomic E-state index is 12.1. The van der Waals surface area contributed by atoms with Crippen molar-refractivity contribution in [3.05, 3.63) is 47.0 Å². The molecule has 23 heavy (non-hydrogen) atoms. The second kappa shape index (κ2) is 6.38. The number of sulfonamides is 1. The molecule has 0 radical (unpaired) electrons. The molecule has 1 amide bonds. The van der Waals surface area contributed by atoms with Gasteiger partial charge in [-0.25, -0.2) is 9.71 Å². The zero-order chi connectivity index (χ0) is 17.3. The van der Waals surface area contributed by atoms with Crippen molar-refractivity contribution in [2.24, 2.45) is 5.73 Å². The largest absolute Gasteiger partial charge is 0.316 e. The summed E-state index contributed by atoms with van der Waals surface area (Å²) in [6, 6.07) is 6.18. The van der Waals surface area contributed by atoms with Gasteiger partial charge in [0.1, 0.15) is 6.04 Å². The second-order valence-electron chi connectivity index (χ2n) is 6.12. The van der Waals surface area contributed by atoms with Gasteiger partial charge < -0.3 is 5.73 Å². The average Bonchev–Trinajstić information content (AvgIpc) is 3.00. The Balaban J connectivity index is 2.14. The molecule has 2 aromatic rings. The summed E-state index contributed by atoms with van der Waals surface area (Å²) in [6.45, 7) is 6.24. The van der Waals surface area contributed by atoms with E-state index in [9.17, 15) is 13.2 Å². The predicted molar refractivity (Wildman–Crippen MR) is 89.5 cm³/mol. The molecule has 2 rings (SSSR count). The van der Waals surface area contributed by atoms with Crippen LogP contribution in [0.25, 0.3) is 0 Å². The quantitative estimate of drug-likeness (QED) is 0.874. The Hall–Kier alpha value is -1.77. The highest BCUT2D eigenvalue weighted by Crippen LogP contribution is 2.23. The summed E-state index contributed by atoms with van der Waals surface area (Å²) in [7, 11) is -3.97. The van der Waals surface area contributed by atoms with Crippen LogP contribution in [-0.4, -0.2) is 19.3 Å². The van der Waals surface area contributed by atoms with Crippen molar-refractivity contribution in [2.75, 3.05) is 0 Å². The molecule has 6 nitrogen and oxygen atoms in total. The molecule has 0 aliphatic heterocycles. The van der Waals surface area contributed by atoms with Crippen LogP contribution in [0.4, 0.5) is 0 Å². The molecule has 8 heteroatoms. The van der Waals surface area contributed by atoms with Crippen molar-refractivity contribution >= 4 is 27.3 Å². The minimum atomic E-state index is -3.97. The fourth-order valence-corrected chi connectivity index (χ4v) is 3.76. The highest BCUT2D eigenvalue weighted by Gasteiger charge is 2.25. The first-order valence-corrected chi connectivity index (χ1v) is 9.30. The number of carbonyl (C=O) groups is 1. The summed E-state index contributed by atoms with van der Waals surface area (Å²) in [5.74, 6) is -0.788. The van der Waals surface area contributed by atoms with Crippen LogP contribution >= 0.6 is 11.3 Å². The molecule has 0 aliphatic carbocycles. The molecule has 0 saturated heterocycles. The summed E-state index contributed by atoms with van der Waals surface area (Å²) in [6.07, 6.45) is 1.36. The number of hydrogen-bond donors (Lipinski definition) is 2. The Morgan fingerprint density at radius 3 is 2.35 bits per heavy atom. The second-order valence-corrected chi connectivity index (χ2v) is 8.87. The Morgan fingerprint density at radius 1 is 1.26 bits per heavy atom. The third kappa shape index (κ3) is 4.15. The van der Waals surface area contributed by atoms with Gasteiger partial charge in [0, 0.05) is 11.6 Å². The van der Waals surface area contributed by atoms with E-state index in [0.29, 0.717) is 5.56 Å². The lowest BCUT2D eigenvalue weighted by molar-refractivity contribution is -0.120. The van der Waals surface area contributed by atoms with Crippen LogP contribution < -0.4 is 10.5 Å². The van der Waals surface area contributed by atoms with E-state index in [1.54, 1.807) is 12.1 Å². The molecule has 1 aromatic heterocycles. The van der Waals surface area contributed by atoms with Crippen LogP contribution in [0, 0.1) is 0 Å². The zero-order valence-corrected chi connectivity index (χ0v) is 14.7. The molecular weight excluding hydrogens is 334 g/mol. The number of amides is 1. The Labute approximate surface area is 139 Å². The van der Waals surface area contributed by atoms with Gasteiger partial charge in [0.2, 0.25) is 4.34 Å². The topological polar surface area (TPSA) is 102 Å². The summed E-state index contributed by atoms with van der Waals surface area (Å²) >= 11 is 0.929. The van der Waals surface area contributed by atoms with Crippen molar-refractivity contribution in [1.82, 2.24) is 9.71 Å². The van der Waals surface area contributed by atoms with Crippen molar-refractivity contribution in [1.29, 1.82) is 0 Å². The average molecular weight is 353 g/mol. The van der Waals surface area contributed by atoms with Gasteiger partial charge in [0.25, 0.3) is 15.9 Å². The van der Waals surface area contributed by atoms with E-state index in [0.717, 1.165) is 16.9 Å². The third-order valence-electron chi connectivity index (χ3n) is 3.29. The van der Waals surface area contributed by atoms with Crippen LogP contribution in [0.2, 0.25) is 0 Å². The van der Waals surface area contributed by atoms with Gasteiger partial charge in [0.15, 0.2) is 0 Å². The zero-order valence-electron chi connectivity index (χ0n) is 13.1. The molecule has 1 unspecified atom stereocenters. The maximum atomic E-state index is 12.1. The molecule has 3 N–H and O–H groups in total. The van der Waals surface area contributed by atoms with Crippen LogP contribution in [0.1, 0.15) is 37.9 Å². The van der Waals surface area contributed by atoms with Gasteiger partial charge in [-0.05, 0) is 16.5 Å². The summed E-state index contributed by atoms with van der Waals surface area (Å²) in [5.41, 5.74) is 7.50. The molecule has 0 fully saturated rings. The van der Waals surface area contributed by atoms with E-state index < -0.39 is 22.0 Å². The Kier molecular flexibility index (Phi) is 4.88. The number of nitrogens with one attached hydrogen (secondary N) is 1. The lowest BCUT2D eigenvalue weighted by Gasteiger charge is -2.20. The normalized spacial score (nSPS) is 13.6. The SMILES string of the molecule is CC(C)(C)c1ccc(C(N)C(=O)NS(=O)(=O)c2nccs2)cc1. The minimum Gasteiger partial charge on any atom is -0.316 e. The van der Waals surface area contributed by atoms with Gasteiger partial charge in [-0.2, -0.15) is 8.42 Å². The van der Waals surface area contributed by atoms with Gasteiger partial charge >= 0.3 is 0 Å². The molecule has 1 aromatic carbocycles. The highest BCUT2D eigenvalue weighted by molar-refractivity contribution is 7.92. The molecule has 0 bridgehead atoms. The van der Waals surface area contributed by atoms with E-state index in [1.165, 1.54) is 11.6 Å². The standard InChI is InChI=1S/C15H19N3O3S2/c1-15(2,3)11-6-4-10(5-7-11)12(16)13(19)18-23(20,21)14-17-8-9-22-14/h4-9,12H,16H2,1-3H3,(H,18,19). The van der Waals surface area contributed by atoms with Gasteiger partial charge in [-0.15, -0.1) is 11.3 Å². The van der Waals surface area contributed by atoms with Gasteiger partial charge in [-0.1, -0.05) is 45.0 Å². The van der Waals surface area contributed by atoms with Crippen molar-refractivity contribution < 1.29 is 13.2 Å². The molecule has 1 atom stereocenters. The molecule has 0 aliphatic rings. The van der Waals surface area contributed by atoms with Crippen LogP contribution in [0.5, 0.6) is 0 Å². The summed E-state index contributed by atoms with van der Waals surface area (Å²) in [5, 5.41) is 1.52. The van der Waals surface area contributed by atoms with E-state index in [1.807, 2.05) is 16.9 Å². The van der Waals surface area contributed by atoms with Crippen molar-refractivity contribution in [3.8, 4) is 0 Å². The maximum Gasteiger partial charge on any atom is 0.291 e. The van der Waals surface area contributed by atoms with E-state index in [4.69, 9.17) is 5.73 Å². The van der Waals surface area contributed by atoms with E-state index in [-0.39, 0.29) is 9.75 Å². The number of nitrogens with zero attached hydrogens (tertiary/aromatic N) is 1. The fourth-order valence-electron chi connectivity index (χ4n) is 1.92. The molecule has 1 heterocycles. The van der Waals surface area contributed by atoms with Crippen molar-refractivity contribution in [2.45, 2.75) is 36.6 Å². The summed E-state index contributed by atoms with van der Waals surface area (Å²) < 4.78 is 25.8.